The van der Waals surface area contributed by atoms with E-state index in [0.29, 0.717) is 6.61 Å². The molecular weight excluding hydrogens is 298 g/mol. The number of aromatic nitrogens is 1. The van der Waals surface area contributed by atoms with Crippen LogP contribution < -0.4 is 15.4 Å². The highest BCUT2D eigenvalue weighted by atomic mass is 32.1. The van der Waals surface area contributed by atoms with Crippen LogP contribution in [0.5, 0.6) is 5.75 Å². The first kappa shape index (κ1) is 14.5. The first-order valence-corrected chi connectivity index (χ1v) is 7.89. The topological polar surface area (TPSA) is 55.3 Å². The molecule has 114 valence electrons. The summed E-state index contributed by atoms with van der Waals surface area (Å²) < 4.78 is 8.49. The fourth-order valence-corrected chi connectivity index (χ4v) is 3.10. The van der Waals surface area contributed by atoms with Gasteiger partial charge in [0.25, 0.3) is 0 Å². The summed E-state index contributed by atoms with van der Waals surface area (Å²) in [5.74, 6) is 1.56. The van der Waals surface area contributed by atoms with Gasteiger partial charge in [0, 0.05) is 12.7 Å². The maximum atomic E-state index is 12.1. The van der Waals surface area contributed by atoms with Crippen molar-refractivity contribution in [2.45, 2.75) is 6.92 Å². The predicted molar refractivity (Wildman–Crippen MR) is 91.0 cm³/mol. The van der Waals surface area contributed by atoms with Gasteiger partial charge in [-0.05, 0) is 48.7 Å². The lowest BCUT2D eigenvalue weighted by molar-refractivity contribution is 0.262. The van der Waals surface area contributed by atoms with Gasteiger partial charge < -0.3 is 14.6 Å². The molecule has 3 aromatic rings. The maximum absolute atomic E-state index is 12.1. The van der Waals surface area contributed by atoms with E-state index >= 15 is 0 Å². The van der Waals surface area contributed by atoms with E-state index < -0.39 is 0 Å². The highest BCUT2D eigenvalue weighted by Gasteiger charge is 2.09. The molecule has 0 aliphatic carbocycles. The number of anilines is 2. The number of benzene rings is 1. The minimum absolute atomic E-state index is 0.266. The molecule has 0 saturated heterocycles. The van der Waals surface area contributed by atoms with Crippen LogP contribution in [-0.4, -0.2) is 17.2 Å². The van der Waals surface area contributed by atoms with Crippen molar-refractivity contribution in [3.63, 3.8) is 0 Å². The van der Waals surface area contributed by atoms with Crippen molar-refractivity contribution in [1.82, 2.24) is 4.57 Å². The summed E-state index contributed by atoms with van der Waals surface area (Å²) in [5, 5.41) is 7.71. The van der Waals surface area contributed by atoms with Crippen LogP contribution in [0.15, 0.2) is 41.8 Å². The number of carbonyl (C=O) groups excluding carboxylic acids is 1. The van der Waals surface area contributed by atoms with Crippen molar-refractivity contribution in [3.05, 3.63) is 41.8 Å². The van der Waals surface area contributed by atoms with Crippen LogP contribution in [0.1, 0.15) is 6.92 Å². The molecule has 3 rings (SSSR count). The molecule has 0 atom stereocenters. The van der Waals surface area contributed by atoms with Crippen molar-refractivity contribution in [3.8, 4) is 5.75 Å². The molecule has 0 bridgehead atoms. The van der Waals surface area contributed by atoms with Crippen LogP contribution in [-0.2, 0) is 7.05 Å². The zero-order valence-electron chi connectivity index (χ0n) is 12.4. The number of nitrogens with zero attached hydrogens (tertiary/aromatic N) is 1. The number of amides is 2. The highest BCUT2D eigenvalue weighted by Crippen LogP contribution is 2.27. The number of hydrogen-bond donors (Lipinski definition) is 2. The van der Waals surface area contributed by atoms with Crippen LogP contribution in [0.2, 0.25) is 0 Å². The Labute approximate surface area is 132 Å². The summed E-state index contributed by atoms with van der Waals surface area (Å²) in [7, 11) is 1.93. The van der Waals surface area contributed by atoms with Gasteiger partial charge in [0.1, 0.15) is 11.6 Å². The van der Waals surface area contributed by atoms with Gasteiger partial charge in [0.15, 0.2) is 0 Å². The number of hydrogen-bond acceptors (Lipinski definition) is 3. The minimum Gasteiger partial charge on any atom is -0.494 e. The van der Waals surface area contributed by atoms with Crippen molar-refractivity contribution >= 4 is 39.1 Å². The molecule has 0 saturated carbocycles. The number of fused-ring (bicyclic) bond motifs is 1. The number of rotatable bonds is 4. The molecule has 0 radical (unpaired) electrons. The van der Waals surface area contributed by atoms with Gasteiger partial charge in [-0.25, -0.2) is 4.79 Å². The first-order chi connectivity index (χ1) is 10.7. The van der Waals surface area contributed by atoms with E-state index in [9.17, 15) is 4.79 Å². The molecule has 22 heavy (non-hydrogen) atoms. The molecular formula is C16H17N3O2S. The van der Waals surface area contributed by atoms with Gasteiger partial charge >= 0.3 is 6.03 Å². The zero-order chi connectivity index (χ0) is 15.5. The van der Waals surface area contributed by atoms with Crippen molar-refractivity contribution in [1.29, 1.82) is 0 Å². The Morgan fingerprint density at radius 2 is 2.00 bits per heavy atom. The smallest absolute Gasteiger partial charge is 0.324 e. The van der Waals surface area contributed by atoms with Crippen molar-refractivity contribution in [2.75, 3.05) is 17.2 Å². The summed E-state index contributed by atoms with van der Waals surface area (Å²) >= 11 is 1.65. The molecule has 1 aromatic carbocycles. The number of nitrogens with one attached hydrogen (secondary N) is 2. The van der Waals surface area contributed by atoms with Gasteiger partial charge in [-0.15, -0.1) is 11.3 Å². The zero-order valence-corrected chi connectivity index (χ0v) is 13.2. The van der Waals surface area contributed by atoms with E-state index in [0.717, 1.165) is 27.5 Å². The summed E-state index contributed by atoms with van der Waals surface area (Å²) in [4.78, 5) is 12.1. The Hall–Kier alpha value is -2.47. The first-order valence-electron chi connectivity index (χ1n) is 7.01. The summed E-state index contributed by atoms with van der Waals surface area (Å²) in [6.07, 6.45) is 0. The largest absolute Gasteiger partial charge is 0.494 e. The molecule has 5 nitrogen and oxygen atoms in total. The van der Waals surface area contributed by atoms with Crippen LogP contribution in [0.25, 0.3) is 10.2 Å². The van der Waals surface area contributed by atoms with Gasteiger partial charge in [-0.3, -0.25) is 5.32 Å². The predicted octanol–water partition coefficient (Wildman–Crippen LogP) is 4.28. The molecule has 2 heterocycles. The number of urea groups is 1. The van der Waals surface area contributed by atoms with Crippen molar-refractivity contribution < 1.29 is 9.53 Å². The minimum atomic E-state index is -0.266. The van der Waals surface area contributed by atoms with E-state index in [-0.39, 0.29) is 6.03 Å². The maximum Gasteiger partial charge on any atom is 0.324 e. The van der Waals surface area contributed by atoms with E-state index in [4.69, 9.17) is 4.74 Å². The number of carbonyl (C=O) groups is 1. The average molecular weight is 315 g/mol. The van der Waals surface area contributed by atoms with E-state index in [2.05, 4.69) is 10.6 Å². The van der Waals surface area contributed by atoms with Gasteiger partial charge in [-0.1, -0.05) is 0 Å². The highest BCUT2D eigenvalue weighted by molar-refractivity contribution is 7.17. The SMILES string of the molecule is CCOc1ccc(NC(=O)Nc2cc3sccc3n2C)cc1. The fourth-order valence-electron chi connectivity index (χ4n) is 2.25. The number of thiophene rings is 1. The van der Waals surface area contributed by atoms with E-state index in [1.165, 1.54) is 0 Å². The molecule has 0 aliphatic rings. The fraction of sp³-hybridized carbons (Fsp3) is 0.188. The van der Waals surface area contributed by atoms with Crippen LogP contribution in [0.4, 0.5) is 16.3 Å². The van der Waals surface area contributed by atoms with Crippen LogP contribution in [0, 0.1) is 0 Å². The van der Waals surface area contributed by atoms with Gasteiger partial charge in [-0.2, -0.15) is 0 Å². The van der Waals surface area contributed by atoms with E-state index in [1.807, 2.05) is 60.3 Å². The standard InChI is InChI=1S/C16H17N3O2S/c1-3-21-12-6-4-11(5-7-12)17-16(20)18-15-10-14-13(19(15)2)8-9-22-14/h4-10H,3H2,1-2H3,(H2,17,18,20). The normalized spacial score (nSPS) is 10.6. The lowest BCUT2D eigenvalue weighted by Crippen LogP contribution is -2.20. The Morgan fingerprint density at radius 3 is 2.68 bits per heavy atom. The quantitative estimate of drug-likeness (QED) is 0.755. The third-order valence-electron chi connectivity index (χ3n) is 3.33. The lowest BCUT2D eigenvalue weighted by Gasteiger charge is -2.09. The number of ether oxygens (including phenoxy) is 1. The molecule has 0 unspecified atom stereocenters. The van der Waals surface area contributed by atoms with Crippen molar-refractivity contribution in [2.24, 2.45) is 7.05 Å². The summed E-state index contributed by atoms with van der Waals surface area (Å²) in [5.41, 5.74) is 1.83. The second kappa shape index (κ2) is 6.11. The Morgan fingerprint density at radius 1 is 1.23 bits per heavy atom. The molecule has 6 heteroatoms. The second-order valence-corrected chi connectivity index (χ2v) is 5.74. The molecule has 2 aromatic heterocycles. The third kappa shape index (κ3) is 2.92. The Bertz CT molecular complexity index is 789. The molecule has 2 N–H and O–H groups in total. The van der Waals surface area contributed by atoms with Gasteiger partial charge in [0.2, 0.25) is 0 Å². The molecule has 0 fully saturated rings. The number of aryl methyl sites for hydroxylation is 1. The molecule has 0 spiro atoms. The monoisotopic (exact) mass is 315 g/mol. The van der Waals surface area contributed by atoms with E-state index in [1.54, 1.807) is 11.3 Å². The third-order valence-corrected chi connectivity index (χ3v) is 4.18. The van der Waals surface area contributed by atoms with Crippen LogP contribution in [0.3, 0.4) is 0 Å². The average Bonchev–Trinajstić information content (AvgIpc) is 3.06. The molecule has 2 amide bonds. The Balaban J connectivity index is 1.66. The Kier molecular flexibility index (Phi) is 4.02. The van der Waals surface area contributed by atoms with Gasteiger partial charge in [0.05, 0.1) is 16.8 Å². The molecule has 0 aliphatic heterocycles. The lowest BCUT2D eigenvalue weighted by atomic mass is 10.3. The summed E-state index contributed by atoms with van der Waals surface area (Å²) in [6.45, 7) is 2.56. The second-order valence-electron chi connectivity index (χ2n) is 4.80. The summed E-state index contributed by atoms with van der Waals surface area (Å²) in [6, 6.07) is 11.0. The van der Waals surface area contributed by atoms with Crippen LogP contribution >= 0.6 is 11.3 Å².